The van der Waals surface area contributed by atoms with Crippen LogP contribution in [0.25, 0.3) is 0 Å². The Hall–Kier alpha value is -2.62. The molecule has 32 heavy (non-hydrogen) atoms. The topological polar surface area (TPSA) is 60.9 Å². The van der Waals surface area contributed by atoms with Gasteiger partial charge in [-0.2, -0.15) is 0 Å². The first-order valence-corrected chi connectivity index (χ1v) is 11.6. The zero-order valence-corrected chi connectivity index (χ0v) is 19.1. The van der Waals surface area contributed by atoms with Crippen molar-refractivity contribution in [2.24, 2.45) is 0 Å². The molecule has 5 rings (SSSR count). The average Bonchev–Trinajstić information content (AvgIpc) is 3.18. The second-order valence-electron chi connectivity index (χ2n) is 8.13. The number of amides is 1. The first-order valence-electron chi connectivity index (χ1n) is 10.8. The molecule has 9 heteroatoms. The number of thioether (sulfide) groups is 1. The number of fused-ring (bicyclic) bond motifs is 5. The second-order valence-corrected chi connectivity index (χ2v) is 9.16. The third-order valence-electron chi connectivity index (χ3n) is 5.92. The van der Waals surface area contributed by atoms with Gasteiger partial charge in [0, 0.05) is 0 Å². The number of nitrogens with zero attached hydrogens (tertiary/aromatic N) is 4. The monoisotopic (exact) mass is 446 g/mol. The molecule has 1 N–H and O–H groups in total. The zero-order valence-electron chi connectivity index (χ0n) is 18.3. The number of pyridine rings is 1. The Morgan fingerprint density at radius 2 is 2.03 bits per heavy atom. The van der Waals surface area contributed by atoms with Gasteiger partial charge in [-0.05, 0) is 0 Å². The number of anilines is 3. The van der Waals surface area contributed by atoms with Gasteiger partial charge in [-0.15, -0.1) is 0 Å². The Kier molecular flexibility index (Phi) is 5.79. The number of ether oxygens (including phenoxy) is 1. The number of para-hydroxylation sites is 1. The SMILES string of the molecule is [B]=C1C(C(=O)NCCN2CCOCC2)=C2Sc3ccccc3N2c2nccc(N(C)C)c21. The molecule has 0 bridgehead atoms. The molecule has 4 heterocycles. The molecular weight excluding hydrogens is 421 g/mol. The van der Waals surface area contributed by atoms with Gasteiger partial charge in [-0.3, -0.25) is 0 Å². The molecule has 0 atom stereocenters. The van der Waals surface area contributed by atoms with Crippen LogP contribution >= 0.6 is 11.8 Å². The van der Waals surface area contributed by atoms with E-state index in [1.165, 1.54) is 0 Å². The quantitative estimate of drug-likeness (QED) is 0.703. The standard InChI is InChI=1S/C23H25BN5O2S/c1-27(2)16-7-8-25-21-18(16)20(24)19(22(30)26-9-10-28-11-13-31-14-12-28)23-29(21)15-5-3-4-6-17(15)32-23/h3-8H,9-14H2,1-2H3,(H,26,30). The van der Waals surface area contributed by atoms with E-state index in [1.54, 1.807) is 18.0 Å². The van der Waals surface area contributed by atoms with Crippen LogP contribution in [0.3, 0.4) is 0 Å². The molecule has 163 valence electrons. The maximum atomic E-state index is 13.4. The van der Waals surface area contributed by atoms with E-state index in [0.717, 1.165) is 65.5 Å². The van der Waals surface area contributed by atoms with Crippen LogP contribution in [-0.4, -0.2) is 82.2 Å². The molecule has 0 unspecified atom stereocenters. The first-order chi connectivity index (χ1) is 15.6. The number of hydrogen-bond acceptors (Lipinski definition) is 7. The van der Waals surface area contributed by atoms with Crippen molar-refractivity contribution >= 4 is 47.8 Å². The summed E-state index contributed by atoms with van der Waals surface area (Å²) in [4.78, 5) is 25.6. The van der Waals surface area contributed by atoms with Gasteiger partial charge >= 0.3 is 193 Å². The van der Waals surface area contributed by atoms with Gasteiger partial charge in [0.15, 0.2) is 0 Å². The van der Waals surface area contributed by atoms with Crippen molar-refractivity contribution in [1.29, 1.82) is 0 Å². The summed E-state index contributed by atoms with van der Waals surface area (Å²) in [6, 6.07) is 10.1. The molecule has 0 aliphatic carbocycles. The van der Waals surface area contributed by atoms with Crippen LogP contribution in [0.15, 0.2) is 52.0 Å². The molecule has 3 aliphatic heterocycles. The van der Waals surface area contributed by atoms with Gasteiger partial charge in [-0.25, -0.2) is 0 Å². The molecule has 1 fully saturated rings. The summed E-state index contributed by atoms with van der Waals surface area (Å²) in [6.07, 6.45) is 1.79. The van der Waals surface area contributed by atoms with E-state index < -0.39 is 0 Å². The van der Waals surface area contributed by atoms with Gasteiger partial charge in [0.2, 0.25) is 0 Å². The molecule has 7 nitrogen and oxygen atoms in total. The number of benzene rings is 1. The molecule has 2 aromatic rings. The maximum absolute atomic E-state index is 13.4. The summed E-state index contributed by atoms with van der Waals surface area (Å²) in [5.74, 6) is 0.598. The van der Waals surface area contributed by atoms with E-state index in [2.05, 4.69) is 32.2 Å². The predicted octanol–water partition coefficient (Wildman–Crippen LogP) is 1.75. The Labute approximate surface area is 193 Å². The summed E-state index contributed by atoms with van der Waals surface area (Å²) in [7, 11) is 10.6. The van der Waals surface area contributed by atoms with Gasteiger partial charge in [0.1, 0.15) is 0 Å². The van der Waals surface area contributed by atoms with Crippen molar-refractivity contribution in [1.82, 2.24) is 15.2 Å². The summed E-state index contributed by atoms with van der Waals surface area (Å²) >= 11 is 1.56. The van der Waals surface area contributed by atoms with E-state index in [0.29, 0.717) is 17.6 Å². The second kappa shape index (κ2) is 8.73. The number of carbonyl (C=O) groups excluding carboxylic acids is 1. The molecule has 3 aliphatic rings. The minimum atomic E-state index is -0.157. The van der Waals surface area contributed by atoms with E-state index >= 15 is 0 Å². The first kappa shape index (κ1) is 21.2. The van der Waals surface area contributed by atoms with Gasteiger partial charge < -0.3 is 0 Å². The molecule has 0 spiro atoms. The third kappa shape index (κ3) is 3.64. The normalized spacial score (nSPS) is 17.7. The molecule has 1 radical (unpaired) electrons. The van der Waals surface area contributed by atoms with Crippen molar-refractivity contribution in [3.63, 3.8) is 0 Å². The fraction of sp³-hybridized carbons (Fsp3) is 0.348. The fourth-order valence-corrected chi connectivity index (χ4v) is 5.50. The van der Waals surface area contributed by atoms with Crippen molar-refractivity contribution in [3.05, 3.63) is 52.7 Å². The summed E-state index contributed by atoms with van der Waals surface area (Å²) < 4.78 is 5.40. The number of carbonyl (C=O) groups is 1. The van der Waals surface area contributed by atoms with Crippen LogP contribution in [0.2, 0.25) is 0 Å². The minimum absolute atomic E-state index is 0.157. The van der Waals surface area contributed by atoms with E-state index in [9.17, 15) is 4.79 Å². The molecule has 1 amide bonds. The van der Waals surface area contributed by atoms with Crippen molar-refractivity contribution in [2.75, 3.05) is 63.3 Å². The number of rotatable bonds is 5. The van der Waals surface area contributed by atoms with Crippen LogP contribution < -0.4 is 15.1 Å². The Morgan fingerprint density at radius 3 is 2.81 bits per heavy atom. The van der Waals surface area contributed by atoms with Gasteiger partial charge in [0.25, 0.3) is 0 Å². The summed E-state index contributed by atoms with van der Waals surface area (Å²) in [6.45, 7) is 4.61. The Balaban J connectivity index is 1.50. The van der Waals surface area contributed by atoms with Crippen LogP contribution in [0.1, 0.15) is 5.56 Å². The van der Waals surface area contributed by atoms with Crippen molar-refractivity contribution in [2.45, 2.75) is 4.90 Å². The number of aromatic nitrogens is 1. The average molecular weight is 446 g/mol. The van der Waals surface area contributed by atoms with Crippen LogP contribution in [-0.2, 0) is 9.53 Å². The molecule has 0 saturated carbocycles. The van der Waals surface area contributed by atoms with E-state index in [-0.39, 0.29) is 5.91 Å². The molecule has 1 saturated heterocycles. The summed E-state index contributed by atoms with van der Waals surface area (Å²) in [5, 5.41) is 3.90. The zero-order chi connectivity index (χ0) is 22.2. The predicted molar refractivity (Wildman–Crippen MR) is 130 cm³/mol. The number of nitrogens with one attached hydrogen (secondary N) is 1. The van der Waals surface area contributed by atoms with E-state index in [4.69, 9.17) is 12.2 Å². The molecule has 1 aromatic heterocycles. The Bertz CT molecular complexity index is 1110. The van der Waals surface area contributed by atoms with Crippen molar-refractivity contribution in [3.8, 4) is 0 Å². The van der Waals surface area contributed by atoms with Crippen LogP contribution in [0.4, 0.5) is 17.2 Å². The number of morpholine rings is 1. The third-order valence-corrected chi connectivity index (χ3v) is 7.06. The Morgan fingerprint density at radius 1 is 1.25 bits per heavy atom. The molecular formula is C23H25BN5O2S. The molecule has 1 aromatic carbocycles. The summed E-state index contributed by atoms with van der Waals surface area (Å²) in [5.41, 5.74) is 3.71. The fourth-order valence-electron chi connectivity index (χ4n) is 4.30. The van der Waals surface area contributed by atoms with E-state index in [1.807, 2.05) is 37.2 Å². The van der Waals surface area contributed by atoms with Gasteiger partial charge in [0.05, 0.1) is 0 Å². The van der Waals surface area contributed by atoms with Crippen LogP contribution in [0, 0.1) is 0 Å². The van der Waals surface area contributed by atoms with Crippen molar-refractivity contribution < 1.29 is 9.53 Å². The van der Waals surface area contributed by atoms with Gasteiger partial charge in [-0.1, -0.05) is 0 Å². The van der Waals surface area contributed by atoms with Crippen LogP contribution in [0.5, 0.6) is 0 Å². The number of hydrogen-bond donors (Lipinski definition) is 1.